The molecule has 1 unspecified atom stereocenters. The van der Waals surface area contributed by atoms with E-state index >= 15 is 0 Å². The van der Waals surface area contributed by atoms with Crippen LogP contribution in [0.3, 0.4) is 0 Å². The van der Waals surface area contributed by atoms with Crippen molar-refractivity contribution in [3.63, 3.8) is 0 Å². The number of rotatable bonds is 5. The first-order valence-corrected chi connectivity index (χ1v) is 12.8. The van der Waals surface area contributed by atoms with E-state index in [9.17, 15) is 13.2 Å². The maximum absolute atomic E-state index is 13.6. The van der Waals surface area contributed by atoms with E-state index in [2.05, 4.69) is 36.1 Å². The van der Waals surface area contributed by atoms with Gasteiger partial charge in [-0.1, -0.05) is 60.2 Å². The molecule has 166 valence electrons. The smallest absolute Gasteiger partial charge is 0.244 e. The number of hydrogen-bond acceptors (Lipinski definition) is 5. The molecule has 0 radical (unpaired) electrons. The van der Waals surface area contributed by atoms with Crippen molar-refractivity contribution in [3.05, 3.63) is 71.3 Å². The lowest BCUT2D eigenvalue weighted by atomic mass is 10.0. The van der Waals surface area contributed by atoms with E-state index in [1.165, 1.54) is 11.1 Å². The van der Waals surface area contributed by atoms with Crippen LogP contribution >= 0.6 is 0 Å². The lowest BCUT2D eigenvalue weighted by Crippen LogP contribution is -2.53. The van der Waals surface area contributed by atoms with Gasteiger partial charge in [0.2, 0.25) is 5.91 Å². The molecule has 0 spiro atoms. The van der Waals surface area contributed by atoms with Crippen molar-refractivity contribution >= 4 is 15.7 Å². The summed E-state index contributed by atoms with van der Waals surface area (Å²) in [5.41, 5.74) is 3.51. The third-order valence-electron chi connectivity index (χ3n) is 6.27. The predicted octanol–water partition coefficient (Wildman–Crippen LogP) is 2.11. The van der Waals surface area contributed by atoms with Crippen LogP contribution in [-0.2, 0) is 21.2 Å². The van der Waals surface area contributed by atoms with Gasteiger partial charge in [0.05, 0.1) is 11.5 Å². The lowest BCUT2D eigenvalue weighted by Gasteiger charge is -2.40. The summed E-state index contributed by atoms with van der Waals surface area (Å²) in [6, 6.07) is 17.9. The molecule has 0 bridgehead atoms. The molecule has 2 saturated heterocycles. The molecule has 2 aromatic rings. The van der Waals surface area contributed by atoms with Crippen LogP contribution in [0.2, 0.25) is 0 Å². The Morgan fingerprint density at radius 3 is 2.23 bits per heavy atom. The zero-order valence-electron chi connectivity index (χ0n) is 18.1. The number of piperazine rings is 1. The minimum atomic E-state index is -3.00. The molecule has 2 aromatic carbocycles. The molecule has 0 saturated carbocycles. The summed E-state index contributed by atoms with van der Waals surface area (Å²) in [5, 5.41) is 0. The molecule has 1 atom stereocenters. The maximum atomic E-state index is 13.6. The highest BCUT2D eigenvalue weighted by Crippen LogP contribution is 2.26. The van der Waals surface area contributed by atoms with Crippen LogP contribution in [0.1, 0.15) is 22.7 Å². The third kappa shape index (κ3) is 5.53. The summed E-state index contributed by atoms with van der Waals surface area (Å²) in [6.45, 7) is 6.89. The number of carbonyl (C=O) groups excluding carboxylic acids is 1. The number of aryl methyl sites for hydroxylation is 1. The fraction of sp³-hybridized carbons (Fsp3) is 0.458. The minimum Gasteiger partial charge on any atom is -0.338 e. The average molecular weight is 442 g/mol. The standard InChI is InChI=1S/C24H31N3O3S/c1-20-6-5-7-21(18-20)19-25-10-12-27(13-11-25)24(28)23(22-8-3-2-4-9-22)26-14-16-31(29,30)17-15-26/h2-9,18,23H,10-17,19H2,1H3. The van der Waals surface area contributed by atoms with Crippen LogP contribution in [0.15, 0.2) is 54.6 Å². The first kappa shape index (κ1) is 22.0. The third-order valence-corrected chi connectivity index (χ3v) is 7.88. The second kappa shape index (κ2) is 9.51. The van der Waals surface area contributed by atoms with Crippen LogP contribution < -0.4 is 0 Å². The van der Waals surface area contributed by atoms with Crippen LogP contribution in [0.4, 0.5) is 0 Å². The van der Waals surface area contributed by atoms with Crippen LogP contribution in [0.25, 0.3) is 0 Å². The molecule has 2 aliphatic heterocycles. The number of amides is 1. The minimum absolute atomic E-state index is 0.0840. The first-order chi connectivity index (χ1) is 14.9. The van der Waals surface area contributed by atoms with E-state index in [1.54, 1.807) is 0 Å². The number of nitrogens with zero attached hydrogens (tertiary/aromatic N) is 3. The average Bonchev–Trinajstić information content (AvgIpc) is 2.76. The largest absolute Gasteiger partial charge is 0.338 e. The van der Waals surface area contributed by atoms with E-state index in [4.69, 9.17) is 0 Å². The highest BCUT2D eigenvalue weighted by atomic mass is 32.2. The molecule has 1 amide bonds. The predicted molar refractivity (Wildman–Crippen MR) is 122 cm³/mol. The maximum Gasteiger partial charge on any atom is 0.244 e. The van der Waals surface area contributed by atoms with Gasteiger partial charge >= 0.3 is 0 Å². The highest BCUT2D eigenvalue weighted by molar-refractivity contribution is 7.91. The number of carbonyl (C=O) groups is 1. The molecule has 0 aliphatic carbocycles. The van der Waals surface area contributed by atoms with Crippen molar-refractivity contribution in [2.45, 2.75) is 19.5 Å². The molecule has 4 rings (SSSR count). The zero-order chi connectivity index (χ0) is 21.8. The Bertz CT molecular complexity index is 988. The van der Waals surface area contributed by atoms with Gasteiger partial charge < -0.3 is 4.90 Å². The Morgan fingerprint density at radius 2 is 1.58 bits per heavy atom. The number of hydrogen-bond donors (Lipinski definition) is 0. The first-order valence-electron chi connectivity index (χ1n) is 11.0. The van der Waals surface area contributed by atoms with E-state index in [-0.39, 0.29) is 17.4 Å². The Labute approximate surface area is 185 Å². The monoisotopic (exact) mass is 441 g/mol. The van der Waals surface area contributed by atoms with Gasteiger partial charge in [-0.25, -0.2) is 8.42 Å². The van der Waals surface area contributed by atoms with E-state index in [0.717, 1.165) is 25.2 Å². The molecule has 7 heteroatoms. The molecular formula is C24H31N3O3S. The number of sulfone groups is 1. The van der Waals surface area contributed by atoms with Crippen molar-refractivity contribution in [1.82, 2.24) is 14.7 Å². The van der Waals surface area contributed by atoms with Gasteiger partial charge in [0, 0.05) is 45.8 Å². The molecule has 6 nitrogen and oxygen atoms in total. The van der Waals surface area contributed by atoms with Gasteiger partial charge in [0.1, 0.15) is 6.04 Å². The Balaban J connectivity index is 1.43. The normalized spacial score (nSPS) is 21.0. The van der Waals surface area contributed by atoms with Gasteiger partial charge in [-0.05, 0) is 18.1 Å². The Hall–Kier alpha value is -2.22. The Morgan fingerprint density at radius 1 is 0.903 bits per heavy atom. The SMILES string of the molecule is Cc1cccc(CN2CCN(C(=O)C(c3ccccc3)N3CCS(=O)(=O)CC3)CC2)c1. The summed E-state index contributed by atoms with van der Waals surface area (Å²) in [5.74, 6) is 0.322. The molecule has 0 N–H and O–H groups in total. The summed E-state index contributed by atoms with van der Waals surface area (Å²) in [7, 11) is -3.00. The Kier molecular flexibility index (Phi) is 6.74. The molecule has 2 aliphatic rings. The van der Waals surface area contributed by atoms with Crippen molar-refractivity contribution in [1.29, 1.82) is 0 Å². The fourth-order valence-corrected chi connectivity index (χ4v) is 5.73. The van der Waals surface area contributed by atoms with E-state index < -0.39 is 15.9 Å². The van der Waals surface area contributed by atoms with Gasteiger partial charge in [-0.3, -0.25) is 14.6 Å². The van der Waals surface area contributed by atoms with Crippen LogP contribution in [0, 0.1) is 6.92 Å². The van der Waals surface area contributed by atoms with Gasteiger partial charge in [-0.15, -0.1) is 0 Å². The molecule has 2 heterocycles. The number of benzene rings is 2. The zero-order valence-corrected chi connectivity index (χ0v) is 18.9. The topological polar surface area (TPSA) is 60.9 Å². The van der Waals surface area contributed by atoms with E-state index in [0.29, 0.717) is 26.2 Å². The van der Waals surface area contributed by atoms with Crippen LogP contribution in [-0.4, -0.2) is 79.8 Å². The summed E-state index contributed by atoms with van der Waals surface area (Å²) in [6.07, 6.45) is 0. The van der Waals surface area contributed by atoms with Gasteiger partial charge in [-0.2, -0.15) is 0 Å². The van der Waals surface area contributed by atoms with Crippen LogP contribution in [0.5, 0.6) is 0 Å². The quantitative estimate of drug-likeness (QED) is 0.711. The second-order valence-electron chi connectivity index (χ2n) is 8.59. The lowest BCUT2D eigenvalue weighted by molar-refractivity contribution is -0.139. The van der Waals surface area contributed by atoms with Crippen molar-refractivity contribution in [2.75, 3.05) is 50.8 Å². The summed E-state index contributed by atoms with van der Waals surface area (Å²) in [4.78, 5) is 20.0. The molecular weight excluding hydrogens is 410 g/mol. The molecule has 0 aromatic heterocycles. The molecule has 31 heavy (non-hydrogen) atoms. The molecule has 2 fully saturated rings. The van der Waals surface area contributed by atoms with Crippen molar-refractivity contribution in [2.24, 2.45) is 0 Å². The second-order valence-corrected chi connectivity index (χ2v) is 10.9. The fourth-order valence-electron chi connectivity index (χ4n) is 4.50. The summed E-state index contributed by atoms with van der Waals surface area (Å²) >= 11 is 0. The van der Waals surface area contributed by atoms with E-state index in [1.807, 2.05) is 40.1 Å². The van der Waals surface area contributed by atoms with Gasteiger partial charge in [0.15, 0.2) is 9.84 Å². The highest BCUT2D eigenvalue weighted by Gasteiger charge is 2.35. The summed E-state index contributed by atoms with van der Waals surface area (Å²) < 4.78 is 23.8. The van der Waals surface area contributed by atoms with Gasteiger partial charge in [0.25, 0.3) is 0 Å². The van der Waals surface area contributed by atoms with Crippen molar-refractivity contribution in [3.8, 4) is 0 Å². The van der Waals surface area contributed by atoms with Crippen molar-refractivity contribution < 1.29 is 13.2 Å².